The van der Waals surface area contributed by atoms with Crippen molar-refractivity contribution in [2.45, 2.75) is 32.5 Å². The van der Waals surface area contributed by atoms with E-state index in [0.29, 0.717) is 6.04 Å². The Hall–Kier alpha value is -1.10. The van der Waals surface area contributed by atoms with Crippen molar-refractivity contribution in [3.8, 4) is 0 Å². The topological polar surface area (TPSA) is 28.4 Å². The molecule has 19 heavy (non-hydrogen) atoms. The van der Waals surface area contributed by atoms with Gasteiger partial charge in [-0.2, -0.15) is 0 Å². The predicted molar refractivity (Wildman–Crippen MR) is 78.3 cm³/mol. The lowest BCUT2D eigenvalue weighted by molar-refractivity contribution is 0.175. The summed E-state index contributed by atoms with van der Waals surface area (Å²) in [6, 6.07) is 6.93. The average Bonchev–Trinajstić information content (AvgIpc) is 3.03. The van der Waals surface area contributed by atoms with E-state index in [4.69, 9.17) is 4.42 Å². The van der Waals surface area contributed by atoms with Crippen molar-refractivity contribution < 1.29 is 4.42 Å². The monoisotopic (exact) mass is 276 g/mol. The highest BCUT2D eigenvalue weighted by atomic mass is 32.1. The SMILES string of the molecule is CNCc1ccc(CN2CCc3sccc3C2C)o1. The summed E-state index contributed by atoms with van der Waals surface area (Å²) < 4.78 is 5.84. The summed E-state index contributed by atoms with van der Waals surface area (Å²) >= 11 is 1.89. The van der Waals surface area contributed by atoms with Crippen LogP contribution in [0.4, 0.5) is 0 Å². The summed E-state index contributed by atoms with van der Waals surface area (Å²) in [5.41, 5.74) is 1.50. The molecule has 2 aromatic rings. The van der Waals surface area contributed by atoms with Gasteiger partial charge in [0.05, 0.1) is 13.1 Å². The van der Waals surface area contributed by atoms with Crippen molar-refractivity contribution in [2.75, 3.05) is 13.6 Å². The van der Waals surface area contributed by atoms with Gasteiger partial charge in [-0.15, -0.1) is 11.3 Å². The first-order chi connectivity index (χ1) is 9.28. The largest absolute Gasteiger partial charge is 0.463 e. The third-order valence-electron chi connectivity index (χ3n) is 3.83. The van der Waals surface area contributed by atoms with Crippen LogP contribution in [0, 0.1) is 0 Å². The smallest absolute Gasteiger partial charge is 0.118 e. The Bertz CT molecular complexity index is 546. The number of hydrogen-bond acceptors (Lipinski definition) is 4. The van der Waals surface area contributed by atoms with Gasteiger partial charge in [0.15, 0.2) is 0 Å². The molecule has 1 atom stereocenters. The quantitative estimate of drug-likeness (QED) is 0.929. The van der Waals surface area contributed by atoms with Crippen LogP contribution in [0.2, 0.25) is 0 Å². The number of thiophene rings is 1. The van der Waals surface area contributed by atoms with Crippen LogP contribution in [0.3, 0.4) is 0 Å². The van der Waals surface area contributed by atoms with Crippen LogP contribution in [0.1, 0.15) is 34.9 Å². The lowest BCUT2D eigenvalue weighted by atomic mass is 10.0. The molecule has 0 radical (unpaired) electrons. The lowest BCUT2D eigenvalue weighted by Crippen LogP contribution is -2.32. The van der Waals surface area contributed by atoms with E-state index >= 15 is 0 Å². The molecular formula is C15H20N2OS. The van der Waals surface area contributed by atoms with Gasteiger partial charge in [-0.25, -0.2) is 0 Å². The first-order valence-corrected chi connectivity index (χ1v) is 7.68. The molecule has 1 aliphatic rings. The maximum atomic E-state index is 5.84. The van der Waals surface area contributed by atoms with Gasteiger partial charge in [-0.3, -0.25) is 4.90 Å². The van der Waals surface area contributed by atoms with Crippen molar-refractivity contribution in [2.24, 2.45) is 0 Å². The summed E-state index contributed by atoms with van der Waals surface area (Å²) in [4.78, 5) is 4.05. The minimum absolute atomic E-state index is 0.493. The van der Waals surface area contributed by atoms with Crippen LogP contribution >= 0.6 is 11.3 Å². The first-order valence-electron chi connectivity index (χ1n) is 6.80. The van der Waals surface area contributed by atoms with E-state index < -0.39 is 0 Å². The van der Waals surface area contributed by atoms with E-state index in [0.717, 1.165) is 31.2 Å². The van der Waals surface area contributed by atoms with Crippen molar-refractivity contribution in [1.82, 2.24) is 10.2 Å². The van der Waals surface area contributed by atoms with Crippen LogP contribution in [0.5, 0.6) is 0 Å². The number of furan rings is 1. The summed E-state index contributed by atoms with van der Waals surface area (Å²) in [7, 11) is 1.94. The standard InChI is InChI=1S/C15H20N2OS/c1-11-14-6-8-19-15(14)5-7-17(11)10-13-4-3-12(18-13)9-16-2/h3-4,6,8,11,16H,5,7,9-10H2,1-2H3. The number of nitrogens with one attached hydrogen (secondary N) is 1. The summed E-state index contributed by atoms with van der Waals surface area (Å²) in [5.74, 6) is 2.08. The normalized spacial score (nSPS) is 19.6. The molecule has 0 saturated heterocycles. The molecular weight excluding hydrogens is 256 g/mol. The van der Waals surface area contributed by atoms with E-state index in [-0.39, 0.29) is 0 Å². The van der Waals surface area contributed by atoms with Gasteiger partial charge in [0.1, 0.15) is 11.5 Å². The number of fused-ring (bicyclic) bond motifs is 1. The number of hydrogen-bond donors (Lipinski definition) is 1. The fourth-order valence-corrected chi connectivity index (χ4v) is 3.72. The Morgan fingerprint density at radius 3 is 3.05 bits per heavy atom. The zero-order chi connectivity index (χ0) is 13.2. The molecule has 4 heteroatoms. The van der Waals surface area contributed by atoms with E-state index in [2.05, 4.69) is 40.7 Å². The second-order valence-corrected chi connectivity index (χ2v) is 6.09. The van der Waals surface area contributed by atoms with E-state index in [1.54, 1.807) is 4.88 Å². The van der Waals surface area contributed by atoms with E-state index in [9.17, 15) is 0 Å². The molecule has 1 N–H and O–H groups in total. The predicted octanol–water partition coefficient (Wildman–Crippen LogP) is 3.18. The molecule has 0 aliphatic carbocycles. The molecule has 1 aliphatic heterocycles. The highest BCUT2D eigenvalue weighted by Gasteiger charge is 2.25. The second kappa shape index (κ2) is 5.49. The highest BCUT2D eigenvalue weighted by Crippen LogP contribution is 2.33. The van der Waals surface area contributed by atoms with Gasteiger partial charge in [0.25, 0.3) is 0 Å². The lowest BCUT2D eigenvalue weighted by Gasteiger charge is -2.32. The van der Waals surface area contributed by atoms with E-state index in [1.807, 2.05) is 18.4 Å². The van der Waals surface area contributed by atoms with Gasteiger partial charge in [-0.05, 0) is 49.5 Å². The van der Waals surface area contributed by atoms with Crippen LogP contribution < -0.4 is 5.32 Å². The minimum atomic E-state index is 0.493. The molecule has 0 saturated carbocycles. The molecule has 2 aromatic heterocycles. The summed E-state index contributed by atoms with van der Waals surface area (Å²) in [5, 5.41) is 5.32. The average molecular weight is 276 g/mol. The Balaban J connectivity index is 1.70. The molecule has 0 bridgehead atoms. The summed E-state index contributed by atoms with van der Waals surface area (Å²) in [6.45, 7) is 5.11. The van der Waals surface area contributed by atoms with Gasteiger partial charge in [0, 0.05) is 17.5 Å². The number of rotatable bonds is 4. The van der Waals surface area contributed by atoms with E-state index in [1.165, 1.54) is 12.0 Å². The molecule has 0 spiro atoms. The zero-order valence-corrected chi connectivity index (χ0v) is 12.3. The van der Waals surface area contributed by atoms with Crippen molar-refractivity contribution in [1.29, 1.82) is 0 Å². The molecule has 3 heterocycles. The molecule has 0 aromatic carbocycles. The van der Waals surface area contributed by atoms with Gasteiger partial charge in [0.2, 0.25) is 0 Å². The first kappa shape index (κ1) is 12.9. The highest BCUT2D eigenvalue weighted by molar-refractivity contribution is 7.10. The van der Waals surface area contributed by atoms with Crippen LogP contribution in [0.15, 0.2) is 28.0 Å². The Labute approximate surface area is 118 Å². The Kier molecular flexibility index (Phi) is 3.73. The van der Waals surface area contributed by atoms with Crippen LogP contribution in [-0.2, 0) is 19.5 Å². The number of nitrogens with zero attached hydrogens (tertiary/aromatic N) is 1. The molecule has 1 unspecified atom stereocenters. The van der Waals surface area contributed by atoms with Crippen LogP contribution in [-0.4, -0.2) is 18.5 Å². The Morgan fingerprint density at radius 2 is 2.21 bits per heavy atom. The zero-order valence-electron chi connectivity index (χ0n) is 11.5. The van der Waals surface area contributed by atoms with Crippen molar-refractivity contribution >= 4 is 11.3 Å². The third kappa shape index (κ3) is 2.61. The third-order valence-corrected chi connectivity index (χ3v) is 4.83. The fraction of sp³-hybridized carbons (Fsp3) is 0.467. The molecule has 0 amide bonds. The molecule has 102 valence electrons. The maximum Gasteiger partial charge on any atom is 0.118 e. The van der Waals surface area contributed by atoms with Gasteiger partial charge < -0.3 is 9.73 Å². The van der Waals surface area contributed by atoms with Gasteiger partial charge >= 0.3 is 0 Å². The fourth-order valence-electron chi connectivity index (χ4n) is 2.75. The Morgan fingerprint density at radius 1 is 1.37 bits per heavy atom. The van der Waals surface area contributed by atoms with Crippen LogP contribution in [0.25, 0.3) is 0 Å². The second-order valence-electron chi connectivity index (χ2n) is 5.09. The summed E-state index contributed by atoms with van der Waals surface area (Å²) in [6.07, 6.45) is 1.17. The van der Waals surface area contributed by atoms with Crippen molar-refractivity contribution in [3.05, 3.63) is 45.5 Å². The molecule has 3 nitrogen and oxygen atoms in total. The minimum Gasteiger partial charge on any atom is -0.463 e. The molecule has 0 fully saturated rings. The van der Waals surface area contributed by atoms with Crippen molar-refractivity contribution in [3.63, 3.8) is 0 Å². The van der Waals surface area contributed by atoms with Gasteiger partial charge in [-0.1, -0.05) is 0 Å². The maximum absolute atomic E-state index is 5.84. The molecule has 3 rings (SSSR count).